The largest absolute Gasteiger partial charge is 0.389 e. The Labute approximate surface area is 125 Å². The molecule has 106 valence electrons. The molecule has 2 N–H and O–H groups in total. The van der Waals surface area contributed by atoms with Gasteiger partial charge in [-0.15, -0.1) is 0 Å². The van der Waals surface area contributed by atoms with Gasteiger partial charge in [0.05, 0.1) is 0 Å². The van der Waals surface area contributed by atoms with Gasteiger partial charge in [-0.25, -0.2) is 0 Å². The highest BCUT2D eigenvalue weighted by Crippen LogP contribution is 2.49. The number of carbonyl (C=O) groups excluding carboxylic acids is 1. The molecule has 1 aromatic rings. The average Bonchev–Trinajstić information content (AvgIpc) is 3.08. The number of amides is 1. The Bertz CT molecular complexity index is 540. The lowest BCUT2D eigenvalue weighted by Gasteiger charge is -2.26. The van der Waals surface area contributed by atoms with E-state index in [2.05, 4.69) is 0 Å². The molecule has 1 amide bonds. The van der Waals surface area contributed by atoms with Gasteiger partial charge >= 0.3 is 0 Å². The second kappa shape index (κ2) is 5.17. The van der Waals surface area contributed by atoms with Crippen molar-refractivity contribution in [2.75, 3.05) is 11.9 Å². The SMILES string of the molecule is CN(C(=O)C1CC2CCC1C2)c1ccc(C(N)=S)cc1. The van der Waals surface area contributed by atoms with Gasteiger partial charge in [-0.3, -0.25) is 4.79 Å². The number of anilines is 1. The summed E-state index contributed by atoms with van der Waals surface area (Å²) in [5, 5.41) is 0. The lowest BCUT2D eigenvalue weighted by atomic mass is 9.88. The molecule has 1 aromatic carbocycles. The Morgan fingerprint density at radius 3 is 2.45 bits per heavy atom. The van der Waals surface area contributed by atoms with E-state index in [1.165, 1.54) is 19.3 Å². The third-order valence-corrected chi connectivity index (χ3v) is 5.16. The summed E-state index contributed by atoms with van der Waals surface area (Å²) in [6.07, 6.45) is 4.89. The molecule has 0 saturated heterocycles. The van der Waals surface area contributed by atoms with Crippen molar-refractivity contribution in [3.05, 3.63) is 29.8 Å². The van der Waals surface area contributed by atoms with Gasteiger partial charge in [-0.05, 0) is 55.4 Å². The Balaban J connectivity index is 1.73. The van der Waals surface area contributed by atoms with E-state index >= 15 is 0 Å². The van der Waals surface area contributed by atoms with Gasteiger partial charge in [0, 0.05) is 24.2 Å². The van der Waals surface area contributed by atoms with E-state index in [0.29, 0.717) is 10.9 Å². The van der Waals surface area contributed by atoms with Crippen LogP contribution in [-0.2, 0) is 4.79 Å². The zero-order chi connectivity index (χ0) is 14.3. The Hall–Kier alpha value is -1.42. The number of nitrogens with zero attached hydrogens (tertiary/aromatic N) is 1. The van der Waals surface area contributed by atoms with Crippen LogP contribution in [0.4, 0.5) is 5.69 Å². The summed E-state index contributed by atoms with van der Waals surface area (Å²) >= 11 is 4.94. The predicted molar refractivity (Wildman–Crippen MR) is 84.7 cm³/mol. The van der Waals surface area contributed by atoms with Gasteiger partial charge in [0.25, 0.3) is 0 Å². The van der Waals surface area contributed by atoms with E-state index in [9.17, 15) is 4.79 Å². The highest BCUT2D eigenvalue weighted by atomic mass is 32.1. The van der Waals surface area contributed by atoms with Crippen molar-refractivity contribution < 1.29 is 4.79 Å². The zero-order valence-electron chi connectivity index (χ0n) is 11.7. The van der Waals surface area contributed by atoms with E-state index < -0.39 is 0 Å². The van der Waals surface area contributed by atoms with Gasteiger partial charge < -0.3 is 10.6 Å². The van der Waals surface area contributed by atoms with Gasteiger partial charge in [0.15, 0.2) is 0 Å². The van der Waals surface area contributed by atoms with Crippen LogP contribution in [0.15, 0.2) is 24.3 Å². The lowest BCUT2D eigenvalue weighted by molar-refractivity contribution is -0.123. The van der Waals surface area contributed by atoms with Crippen LogP contribution in [0.2, 0.25) is 0 Å². The van der Waals surface area contributed by atoms with Crippen molar-refractivity contribution in [1.82, 2.24) is 0 Å². The molecule has 2 bridgehead atoms. The quantitative estimate of drug-likeness (QED) is 0.870. The minimum absolute atomic E-state index is 0.231. The van der Waals surface area contributed by atoms with Crippen molar-refractivity contribution in [2.45, 2.75) is 25.7 Å². The van der Waals surface area contributed by atoms with E-state index in [1.807, 2.05) is 31.3 Å². The first kappa shape index (κ1) is 13.6. The zero-order valence-corrected chi connectivity index (χ0v) is 12.5. The molecule has 20 heavy (non-hydrogen) atoms. The van der Waals surface area contributed by atoms with Crippen LogP contribution in [0.3, 0.4) is 0 Å². The van der Waals surface area contributed by atoms with E-state index in [0.717, 1.165) is 23.6 Å². The van der Waals surface area contributed by atoms with E-state index in [4.69, 9.17) is 18.0 Å². The van der Waals surface area contributed by atoms with Crippen molar-refractivity contribution in [3.8, 4) is 0 Å². The van der Waals surface area contributed by atoms with Crippen LogP contribution in [-0.4, -0.2) is 17.9 Å². The molecular formula is C16H20N2OS. The molecule has 3 nitrogen and oxygen atoms in total. The number of thiocarbonyl (C=S) groups is 1. The number of rotatable bonds is 3. The highest BCUT2D eigenvalue weighted by molar-refractivity contribution is 7.80. The minimum atomic E-state index is 0.231. The molecule has 2 fully saturated rings. The van der Waals surface area contributed by atoms with Crippen molar-refractivity contribution >= 4 is 28.8 Å². The first-order valence-electron chi connectivity index (χ1n) is 7.23. The van der Waals surface area contributed by atoms with Gasteiger partial charge in [0.2, 0.25) is 5.91 Å². The number of carbonyl (C=O) groups is 1. The number of benzene rings is 1. The fraction of sp³-hybridized carbons (Fsp3) is 0.500. The van der Waals surface area contributed by atoms with Crippen LogP contribution in [0.25, 0.3) is 0 Å². The number of hydrogen-bond acceptors (Lipinski definition) is 2. The van der Waals surface area contributed by atoms with Crippen LogP contribution in [0, 0.1) is 17.8 Å². The van der Waals surface area contributed by atoms with Gasteiger partial charge in [-0.2, -0.15) is 0 Å². The second-order valence-electron chi connectivity index (χ2n) is 6.09. The maximum atomic E-state index is 12.6. The maximum absolute atomic E-state index is 12.6. The summed E-state index contributed by atoms with van der Waals surface area (Å²) in [6, 6.07) is 7.59. The molecule has 0 radical (unpaired) electrons. The summed E-state index contributed by atoms with van der Waals surface area (Å²) in [5.74, 6) is 1.90. The molecule has 3 unspecified atom stereocenters. The summed E-state index contributed by atoms with van der Waals surface area (Å²) in [4.78, 5) is 14.8. The van der Waals surface area contributed by atoms with Crippen molar-refractivity contribution in [3.63, 3.8) is 0 Å². The Kier molecular flexibility index (Phi) is 3.50. The standard InChI is InChI=1S/C16H20N2OS/c1-18(13-6-4-11(5-7-13)15(17)20)16(19)14-9-10-2-3-12(14)8-10/h4-7,10,12,14H,2-3,8-9H2,1H3,(H2,17,20). The van der Waals surface area contributed by atoms with Crippen LogP contribution in [0.1, 0.15) is 31.2 Å². The third kappa shape index (κ3) is 2.33. The maximum Gasteiger partial charge on any atom is 0.230 e. The topological polar surface area (TPSA) is 46.3 Å². The van der Waals surface area contributed by atoms with Crippen molar-refractivity contribution in [2.24, 2.45) is 23.5 Å². The first-order valence-corrected chi connectivity index (χ1v) is 7.64. The summed E-state index contributed by atoms with van der Waals surface area (Å²) in [7, 11) is 1.87. The van der Waals surface area contributed by atoms with E-state index in [-0.39, 0.29) is 11.8 Å². The first-order chi connectivity index (χ1) is 9.56. The molecule has 0 spiro atoms. The summed E-state index contributed by atoms with van der Waals surface area (Å²) < 4.78 is 0. The Morgan fingerprint density at radius 1 is 1.25 bits per heavy atom. The Morgan fingerprint density at radius 2 is 1.95 bits per heavy atom. The molecule has 2 saturated carbocycles. The lowest BCUT2D eigenvalue weighted by Crippen LogP contribution is -2.35. The molecule has 3 rings (SSSR count). The van der Waals surface area contributed by atoms with E-state index in [1.54, 1.807) is 4.90 Å². The fourth-order valence-electron chi connectivity index (χ4n) is 3.77. The number of hydrogen-bond donors (Lipinski definition) is 1. The molecule has 2 aliphatic rings. The van der Waals surface area contributed by atoms with Crippen LogP contribution < -0.4 is 10.6 Å². The second-order valence-corrected chi connectivity index (χ2v) is 6.53. The molecule has 0 aliphatic heterocycles. The average molecular weight is 288 g/mol. The van der Waals surface area contributed by atoms with Crippen LogP contribution in [0.5, 0.6) is 0 Å². The van der Waals surface area contributed by atoms with Gasteiger partial charge in [0.1, 0.15) is 4.99 Å². The molecule has 2 aliphatic carbocycles. The monoisotopic (exact) mass is 288 g/mol. The van der Waals surface area contributed by atoms with Gasteiger partial charge in [-0.1, -0.05) is 18.6 Å². The molecule has 0 aromatic heterocycles. The van der Waals surface area contributed by atoms with Crippen LogP contribution >= 0.6 is 12.2 Å². The molecule has 0 heterocycles. The molecular weight excluding hydrogens is 268 g/mol. The predicted octanol–water partition coefficient (Wildman–Crippen LogP) is 2.72. The molecule has 4 heteroatoms. The summed E-state index contributed by atoms with van der Waals surface area (Å²) in [6.45, 7) is 0. The minimum Gasteiger partial charge on any atom is -0.389 e. The summed E-state index contributed by atoms with van der Waals surface area (Å²) in [5.41, 5.74) is 7.34. The third-order valence-electron chi connectivity index (χ3n) is 4.92. The van der Waals surface area contributed by atoms with Crippen molar-refractivity contribution in [1.29, 1.82) is 0 Å². The fourth-order valence-corrected chi connectivity index (χ4v) is 3.91. The molecule has 3 atom stereocenters. The highest BCUT2D eigenvalue weighted by Gasteiger charge is 2.44. The number of fused-ring (bicyclic) bond motifs is 2. The normalized spacial score (nSPS) is 27.6. The number of nitrogens with two attached hydrogens (primary N) is 1. The smallest absolute Gasteiger partial charge is 0.230 e.